The molecule has 130 valence electrons. The number of halogens is 3. The summed E-state index contributed by atoms with van der Waals surface area (Å²) >= 11 is 0. The van der Waals surface area contributed by atoms with Crippen LogP contribution >= 0.6 is 0 Å². The first-order chi connectivity index (χ1) is 12.3. The quantitative estimate of drug-likeness (QED) is 0.689. The minimum Gasteiger partial charge on any atom is -0.383 e. The number of hydrogen-bond donors (Lipinski definition) is 1. The largest absolute Gasteiger partial charge is 0.416 e. The summed E-state index contributed by atoms with van der Waals surface area (Å²) in [4.78, 5) is 4.29. The smallest absolute Gasteiger partial charge is 0.383 e. The Morgan fingerprint density at radius 2 is 1.65 bits per heavy atom. The van der Waals surface area contributed by atoms with Gasteiger partial charge in [0.15, 0.2) is 0 Å². The van der Waals surface area contributed by atoms with Crippen LogP contribution < -0.4 is 5.73 Å². The second kappa shape index (κ2) is 6.52. The summed E-state index contributed by atoms with van der Waals surface area (Å²) < 4.78 is 38.3. The molecule has 3 aromatic rings. The summed E-state index contributed by atoms with van der Waals surface area (Å²) in [6, 6.07) is 15.9. The molecule has 0 fully saturated rings. The molecule has 1 aromatic heterocycles. The fourth-order valence-electron chi connectivity index (χ4n) is 2.75. The van der Waals surface area contributed by atoms with Gasteiger partial charge in [0.1, 0.15) is 17.5 Å². The Morgan fingerprint density at radius 3 is 2.23 bits per heavy atom. The van der Waals surface area contributed by atoms with Crippen molar-refractivity contribution in [1.29, 1.82) is 5.26 Å². The van der Waals surface area contributed by atoms with Crippen LogP contribution in [-0.4, -0.2) is 4.98 Å². The molecule has 0 radical (unpaired) electrons. The molecule has 3 rings (SSSR count). The topological polar surface area (TPSA) is 62.7 Å². The van der Waals surface area contributed by atoms with Crippen LogP contribution in [0.4, 0.5) is 19.0 Å². The van der Waals surface area contributed by atoms with E-state index in [2.05, 4.69) is 4.98 Å². The molecule has 2 aromatic carbocycles. The minimum absolute atomic E-state index is 0.0446. The van der Waals surface area contributed by atoms with Crippen molar-refractivity contribution in [3.8, 4) is 28.5 Å². The average Bonchev–Trinajstić information content (AvgIpc) is 2.61. The second-order valence-corrected chi connectivity index (χ2v) is 5.82. The summed E-state index contributed by atoms with van der Waals surface area (Å²) in [5, 5.41) is 9.41. The monoisotopic (exact) mass is 353 g/mol. The van der Waals surface area contributed by atoms with Crippen LogP contribution in [0.2, 0.25) is 0 Å². The molecule has 0 atom stereocenters. The van der Waals surface area contributed by atoms with E-state index in [-0.39, 0.29) is 11.4 Å². The Balaban J connectivity index is 2.18. The van der Waals surface area contributed by atoms with E-state index >= 15 is 0 Å². The number of aryl methyl sites for hydroxylation is 1. The summed E-state index contributed by atoms with van der Waals surface area (Å²) in [5.41, 5.74) is 8.64. The summed E-state index contributed by atoms with van der Waals surface area (Å²) in [7, 11) is 0. The van der Waals surface area contributed by atoms with Crippen molar-refractivity contribution >= 4 is 5.82 Å². The number of aromatic nitrogens is 1. The van der Waals surface area contributed by atoms with E-state index in [1.807, 2.05) is 37.3 Å². The molecule has 6 heteroatoms. The number of anilines is 1. The van der Waals surface area contributed by atoms with Gasteiger partial charge in [-0.25, -0.2) is 4.98 Å². The highest BCUT2D eigenvalue weighted by Gasteiger charge is 2.30. The standard InChI is InChI=1S/C20H14F3N3/c1-12-4-2-3-5-15(12)18-10-16(17(11-24)19(25)26-18)13-6-8-14(9-7-13)20(21,22)23/h2-10H,1H3,(H2,25,26). The third kappa shape index (κ3) is 3.24. The number of benzene rings is 2. The van der Waals surface area contributed by atoms with Gasteiger partial charge in [-0.05, 0) is 36.2 Å². The van der Waals surface area contributed by atoms with Gasteiger partial charge >= 0.3 is 6.18 Å². The van der Waals surface area contributed by atoms with Crippen molar-refractivity contribution < 1.29 is 13.2 Å². The van der Waals surface area contributed by atoms with Crippen molar-refractivity contribution in [1.82, 2.24) is 4.98 Å². The van der Waals surface area contributed by atoms with Gasteiger partial charge in [-0.15, -0.1) is 0 Å². The number of rotatable bonds is 2. The fourth-order valence-corrected chi connectivity index (χ4v) is 2.75. The predicted molar refractivity (Wildman–Crippen MR) is 94.0 cm³/mol. The van der Waals surface area contributed by atoms with Gasteiger partial charge in [0.2, 0.25) is 0 Å². The summed E-state index contributed by atoms with van der Waals surface area (Å²) in [6.45, 7) is 1.92. The van der Waals surface area contributed by atoms with Crippen molar-refractivity contribution in [2.24, 2.45) is 0 Å². The number of nitriles is 1. The lowest BCUT2D eigenvalue weighted by molar-refractivity contribution is -0.137. The van der Waals surface area contributed by atoms with Gasteiger partial charge in [-0.2, -0.15) is 18.4 Å². The van der Waals surface area contributed by atoms with Crippen molar-refractivity contribution in [3.63, 3.8) is 0 Å². The molecule has 3 nitrogen and oxygen atoms in total. The third-order valence-corrected chi connectivity index (χ3v) is 4.10. The van der Waals surface area contributed by atoms with Gasteiger partial charge in [-0.3, -0.25) is 0 Å². The molecule has 0 aliphatic heterocycles. The SMILES string of the molecule is Cc1ccccc1-c1cc(-c2ccc(C(F)(F)F)cc2)c(C#N)c(N)n1. The highest BCUT2D eigenvalue weighted by atomic mass is 19.4. The average molecular weight is 353 g/mol. The molecule has 1 heterocycles. The molecule has 0 unspecified atom stereocenters. The van der Waals surface area contributed by atoms with Crippen LogP contribution in [0.3, 0.4) is 0 Å². The van der Waals surface area contributed by atoms with Crippen molar-refractivity contribution in [3.05, 3.63) is 71.3 Å². The van der Waals surface area contributed by atoms with Crippen LogP contribution in [-0.2, 0) is 6.18 Å². The van der Waals surface area contributed by atoms with Crippen LogP contribution in [0, 0.1) is 18.3 Å². The van der Waals surface area contributed by atoms with Crippen LogP contribution in [0.1, 0.15) is 16.7 Å². The molecular weight excluding hydrogens is 339 g/mol. The molecular formula is C20H14F3N3. The molecule has 0 aliphatic rings. The molecule has 0 saturated carbocycles. The summed E-state index contributed by atoms with van der Waals surface area (Å²) in [5.74, 6) is 0.0446. The fraction of sp³-hybridized carbons (Fsp3) is 0.100. The Hall–Kier alpha value is -3.33. The number of hydrogen-bond acceptors (Lipinski definition) is 3. The number of nitrogens with two attached hydrogens (primary N) is 1. The van der Waals surface area contributed by atoms with Gasteiger partial charge in [0, 0.05) is 11.1 Å². The maximum atomic E-state index is 12.8. The number of nitrogen functional groups attached to an aromatic ring is 1. The van der Waals surface area contributed by atoms with E-state index in [1.165, 1.54) is 12.1 Å². The zero-order chi connectivity index (χ0) is 18.9. The Kier molecular flexibility index (Phi) is 4.39. The highest BCUT2D eigenvalue weighted by molar-refractivity contribution is 5.80. The van der Waals surface area contributed by atoms with Gasteiger partial charge in [0.05, 0.1) is 11.3 Å². The van der Waals surface area contributed by atoms with Gasteiger partial charge in [0.25, 0.3) is 0 Å². The van der Waals surface area contributed by atoms with Crippen molar-refractivity contribution in [2.75, 3.05) is 5.73 Å². The Morgan fingerprint density at radius 1 is 1.00 bits per heavy atom. The van der Waals surface area contributed by atoms with Crippen molar-refractivity contribution in [2.45, 2.75) is 13.1 Å². The van der Waals surface area contributed by atoms with Crippen LogP contribution in [0.5, 0.6) is 0 Å². The first-order valence-corrected chi connectivity index (χ1v) is 7.75. The number of pyridine rings is 1. The van der Waals surface area contributed by atoms with Crippen LogP contribution in [0.15, 0.2) is 54.6 Å². The highest BCUT2D eigenvalue weighted by Crippen LogP contribution is 2.34. The van der Waals surface area contributed by atoms with E-state index in [0.717, 1.165) is 23.3 Å². The Labute approximate surface area is 148 Å². The number of alkyl halides is 3. The van der Waals surface area contributed by atoms with E-state index in [4.69, 9.17) is 5.73 Å². The van der Waals surface area contributed by atoms with E-state index in [9.17, 15) is 18.4 Å². The molecule has 26 heavy (non-hydrogen) atoms. The first-order valence-electron chi connectivity index (χ1n) is 7.75. The lowest BCUT2D eigenvalue weighted by atomic mass is 9.96. The lowest BCUT2D eigenvalue weighted by Gasteiger charge is -2.12. The molecule has 0 aliphatic carbocycles. The first kappa shape index (κ1) is 17.5. The normalized spacial score (nSPS) is 11.2. The van der Waals surface area contributed by atoms with E-state index < -0.39 is 11.7 Å². The molecule has 2 N–H and O–H groups in total. The maximum Gasteiger partial charge on any atom is 0.416 e. The van der Waals surface area contributed by atoms with E-state index in [0.29, 0.717) is 16.8 Å². The van der Waals surface area contributed by atoms with E-state index in [1.54, 1.807) is 6.07 Å². The van der Waals surface area contributed by atoms with Gasteiger partial charge < -0.3 is 5.73 Å². The molecule has 0 spiro atoms. The molecule has 0 amide bonds. The maximum absolute atomic E-state index is 12.8. The zero-order valence-corrected chi connectivity index (χ0v) is 13.8. The zero-order valence-electron chi connectivity index (χ0n) is 13.8. The number of nitrogens with zero attached hydrogens (tertiary/aromatic N) is 2. The summed E-state index contributed by atoms with van der Waals surface area (Å²) in [6.07, 6.45) is -4.42. The van der Waals surface area contributed by atoms with Crippen LogP contribution in [0.25, 0.3) is 22.4 Å². The third-order valence-electron chi connectivity index (χ3n) is 4.10. The minimum atomic E-state index is -4.42. The lowest BCUT2D eigenvalue weighted by Crippen LogP contribution is -2.04. The molecule has 0 bridgehead atoms. The predicted octanol–water partition coefficient (Wildman–Crippen LogP) is 5.20. The molecule has 0 saturated heterocycles. The van der Waals surface area contributed by atoms with Gasteiger partial charge in [-0.1, -0.05) is 36.4 Å². The Bertz CT molecular complexity index is 1000. The second-order valence-electron chi connectivity index (χ2n) is 5.82.